The number of rotatable bonds is 5. The second kappa shape index (κ2) is 5.60. The van der Waals surface area contributed by atoms with Crippen LogP contribution in [0.1, 0.15) is 43.2 Å². The first kappa shape index (κ1) is 15.4. The van der Waals surface area contributed by atoms with Crippen molar-refractivity contribution in [2.75, 3.05) is 6.54 Å². The molecule has 0 saturated heterocycles. The normalized spacial score (nSPS) is 26.0. The van der Waals surface area contributed by atoms with Crippen molar-refractivity contribution >= 4 is 5.91 Å². The number of alkyl halides is 3. The Morgan fingerprint density at radius 2 is 2.05 bits per heavy atom. The first-order valence-corrected chi connectivity index (χ1v) is 7.85. The number of nitrogens with one attached hydrogen (secondary N) is 1. The average Bonchev–Trinajstić information content (AvgIpc) is 3.08. The van der Waals surface area contributed by atoms with Crippen molar-refractivity contribution in [2.45, 2.75) is 50.1 Å². The molecule has 0 unspecified atom stereocenters. The lowest BCUT2D eigenvalue weighted by Crippen LogP contribution is -2.29. The van der Waals surface area contributed by atoms with Gasteiger partial charge in [0.1, 0.15) is 0 Å². The SMILES string of the molecule is O=C(NCCCCC(F)(F)F)[C@H]1C[C@]12CCc1ccccc12. The Bertz CT molecular complexity index is 569. The molecule has 1 N–H and O–H groups in total. The summed E-state index contributed by atoms with van der Waals surface area (Å²) in [5.74, 6) is 0.00229. The fourth-order valence-electron chi connectivity index (χ4n) is 3.72. The number of halogens is 3. The first-order chi connectivity index (χ1) is 10.4. The Labute approximate surface area is 128 Å². The largest absolute Gasteiger partial charge is 0.389 e. The lowest BCUT2D eigenvalue weighted by Gasteiger charge is -2.12. The molecular weight excluding hydrogens is 291 g/mol. The van der Waals surface area contributed by atoms with E-state index in [0.29, 0.717) is 13.0 Å². The number of carbonyl (C=O) groups is 1. The second-order valence-electron chi connectivity index (χ2n) is 6.43. The Hall–Kier alpha value is -1.52. The van der Waals surface area contributed by atoms with Gasteiger partial charge in [0.05, 0.1) is 0 Å². The van der Waals surface area contributed by atoms with E-state index in [4.69, 9.17) is 0 Å². The van der Waals surface area contributed by atoms with Gasteiger partial charge in [-0.05, 0) is 43.2 Å². The molecule has 22 heavy (non-hydrogen) atoms. The van der Waals surface area contributed by atoms with E-state index in [9.17, 15) is 18.0 Å². The van der Waals surface area contributed by atoms with Crippen LogP contribution in [0.4, 0.5) is 13.2 Å². The summed E-state index contributed by atoms with van der Waals surface area (Å²) in [7, 11) is 0. The van der Waals surface area contributed by atoms with Gasteiger partial charge < -0.3 is 5.32 Å². The number of fused-ring (bicyclic) bond motifs is 2. The second-order valence-corrected chi connectivity index (χ2v) is 6.43. The van der Waals surface area contributed by atoms with Crippen LogP contribution in [0, 0.1) is 5.92 Å². The van der Waals surface area contributed by atoms with Crippen LogP contribution >= 0.6 is 0 Å². The van der Waals surface area contributed by atoms with Gasteiger partial charge in [0.2, 0.25) is 5.91 Å². The molecule has 1 saturated carbocycles. The highest BCUT2D eigenvalue weighted by molar-refractivity contribution is 5.84. The number of hydrogen-bond donors (Lipinski definition) is 1. The number of carbonyl (C=O) groups excluding carboxylic acids is 1. The molecule has 5 heteroatoms. The standard InChI is InChI=1S/C17H20F3NO/c18-17(19,20)8-3-4-10-21-15(22)14-11-16(14)9-7-12-5-1-2-6-13(12)16/h1-2,5-6,14H,3-4,7-11H2,(H,21,22)/t14-,16+/m1/s1. The Morgan fingerprint density at radius 1 is 1.27 bits per heavy atom. The van der Waals surface area contributed by atoms with E-state index in [2.05, 4.69) is 17.4 Å². The maximum absolute atomic E-state index is 12.2. The van der Waals surface area contributed by atoms with E-state index in [1.165, 1.54) is 11.1 Å². The van der Waals surface area contributed by atoms with Gasteiger partial charge in [-0.2, -0.15) is 13.2 Å². The summed E-state index contributed by atoms with van der Waals surface area (Å²) in [6.07, 6.45) is -1.52. The fourth-order valence-corrected chi connectivity index (χ4v) is 3.72. The highest BCUT2D eigenvalue weighted by Gasteiger charge is 2.61. The molecule has 1 aromatic carbocycles. The molecular formula is C17H20F3NO. The molecule has 0 radical (unpaired) electrons. The molecule has 2 aliphatic rings. The van der Waals surface area contributed by atoms with E-state index in [0.717, 1.165) is 19.3 Å². The minimum Gasteiger partial charge on any atom is -0.356 e. The van der Waals surface area contributed by atoms with E-state index >= 15 is 0 Å². The van der Waals surface area contributed by atoms with Crippen molar-refractivity contribution in [1.82, 2.24) is 5.32 Å². The third kappa shape index (κ3) is 2.99. The molecule has 1 spiro atoms. The lowest BCUT2D eigenvalue weighted by molar-refractivity contribution is -0.135. The van der Waals surface area contributed by atoms with Crippen molar-refractivity contribution < 1.29 is 18.0 Å². The minimum atomic E-state index is -4.10. The summed E-state index contributed by atoms with van der Waals surface area (Å²) < 4.78 is 36.1. The Balaban J connectivity index is 1.46. The monoisotopic (exact) mass is 311 g/mol. The number of hydrogen-bond acceptors (Lipinski definition) is 1. The minimum absolute atomic E-state index is 0.00114. The summed E-state index contributed by atoms with van der Waals surface area (Å²) in [5, 5.41) is 2.81. The number of benzene rings is 1. The van der Waals surface area contributed by atoms with Gasteiger partial charge >= 0.3 is 6.18 Å². The zero-order valence-electron chi connectivity index (χ0n) is 12.4. The summed E-state index contributed by atoms with van der Waals surface area (Å²) in [6, 6.07) is 8.26. The molecule has 1 fully saturated rings. The van der Waals surface area contributed by atoms with Crippen LogP contribution in [-0.2, 0) is 16.6 Å². The van der Waals surface area contributed by atoms with Crippen molar-refractivity contribution in [1.29, 1.82) is 0 Å². The van der Waals surface area contributed by atoms with Crippen LogP contribution in [0.3, 0.4) is 0 Å². The third-order valence-corrected chi connectivity index (χ3v) is 4.97. The summed E-state index contributed by atoms with van der Waals surface area (Å²) >= 11 is 0. The van der Waals surface area contributed by atoms with Gasteiger partial charge in [0, 0.05) is 24.3 Å². The molecule has 0 bridgehead atoms. The van der Waals surface area contributed by atoms with Crippen molar-refractivity contribution in [2.24, 2.45) is 5.92 Å². The van der Waals surface area contributed by atoms with Gasteiger partial charge in [0.25, 0.3) is 0 Å². The van der Waals surface area contributed by atoms with Crippen LogP contribution in [-0.4, -0.2) is 18.6 Å². The van der Waals surface area contributed by atoms with Gasteiger partial charge in [-0.15, -0.1) is 0 Å². The van der Waals surface area contributed by atoms with Crippen LogP contribution < -0.4 is 5.32 Å². The highest BCUT2D eigenvalue weighted by atomic mass is 19.4. The Morgan fingerprint density at radius 3 is 2.82 bits per heavy atom. The van der Waals surface area contributed by atoms with Crippen molar-refractivity contribution in [3.63, 3.8) is 0 Å². The topological polar surface area (TPSA) is 29.1 Å². The quantitative estimate of drug-likeness (QED) is 0.825. The van der Waals surface area contributed by atoms with Crippen LogP contribution in [0.15, 0.2) is 24.3 Å². The number of amides is 1. The smallest absolute Gasteiger partial charge is 0.356 e. The number of unbranched alkanes of at least 4 members (excludes halogenated alkanes) is 1. The summed E-state index contributed by atoms with van der Waals surface area (Å²) in [5.41, 5.74) is 2.64. The van der Waals surface area contributed by atoms with E-state index in [1.54, 1.807) is 0 Å². The van der Waals surface area contributed by atoms with Crippen LogP contribution in [0.2, 0.25) is 0 Å². The van der Waals surface area contributed by atoms with E-state index < -0.39 is 12.6 Å². The molecule has 2 atom stereocenters. The molecule has 2 aliphatic carbocycles. The van der Waals surface area contributed by atoms with E-state index in [1.807, 2.05) is 12.1 Å². The van der Waals surface area contributed by atoms with Crippen LogP contribution in [0.25, 0.3) is 0 Å². The summed E-state index contributed by atoms with van der Waals surface area (Å²) in [6.45, 7) is 0.336. The molecule has 0 aliphatic heterocycles. The van der Waals surface area contributed by atoms with Gasteiger partial charge in [-0.25, -0.2) is 0 Å². The fraction of sp³-hybridized carbons (Fsp3) is 0.588. The maximum Gasteiger partial charge on any atom is 0.389 e. The first-order valence-electron chi connectivity index (χ1n) is 7.85. The Kier molecular flexibility index (Phi) is 3.91. The van der Waals surface area contributed by atoms with Gasteiger partial charge in [0.15, 0.2) is 0 Å². The summed E-state index contributed by atoms with van der Waals surface area (Å²) in [4.78, 5) is 12.2. The molecule has 0 aromatic heterocycles. The predicted molar refractivity (Wildman–Crippen MR) is 77.5 cm³/mol. The zero-order chi connectivity index (χ0) is 15.8. The molecule has 120 valence electrons. The molecule has 0 heterocycles. The zero-order valence-corrected chi connectivity index (χ0v) is 12.4. The lowest BCUT2D eigenvalue weighted by atomic mass is 9.95. The molecule has 1 amide bonds. The van der Waals surface area contributed by atoms with Crippen molar-refractivity contribution in [3.05, 3.63) is 35.4 Å². The highest BCUT2D eigenvalue weighted by Crippen LogP contribution is 2.61. The predicted octanol–water partition coefficient (Wildman–Crippen LogP) is 3.74. The average molecular weight is 311 g/mol. The van der Waals surface area contributed by atoms with Crippen LogP contribution in [0.5, 0.6) is 0 Å². The maximum atomic E-state index is 12.2. The molecule has 3 rings (SSSR count). The van der Waals surface area contributed by atoms with E-state index in [-0.39, 0.29) is 23.7 Å². The third-order valence-electron chi connectivity index (χ3n) is 4.97. The van der Waals surface area contributed by atoms with Crippen molar-refractivity contribution in [3.8, 4) is 0 Å². The molecule has 2 nitrogen and oxygen atoms in total. The number of aryl methyl sites for hydroxylation is 1. The van der Waals surface area contributed by atoms with Gasteiger partial charge in [-0.1, -0.05) is 24.3 Å². The molecule has 1 aromatic rings. The van der Waals surface area contributed by atoms with Gasteiger partial charge in [-0.3, -0.25) is 4.79 Å².